The zero-order valence-corrected chi connectivity index (χ0v) is 17.1. The second-order valence-corrected chi connectivity index (χ2v) is 8.29. The molecule has 0 bridgehead atoms. The van der Waals surface area contributed by atoms with Gasteiger partial charge in [-0.25, -0.2) is 4.98 Å². The van der Waals surface area contributed by atoms with Gasteiger partial charge < -0.3 is 5.32 Å². The molecule has 146 valence electrons. The zero-order chi connectivity index (χ0) is 20.5. The topological polar surface area (TPSA) is 79.4 Å². The minimum Gasteiger partial charge on any atom is -0.300 e. The highest BCUT2D eigenvalue weighted by Crippen LogP contribution is 2.27. The number of hydrogen-bond donors (Lipinski definition) is 1. The maximum Gasteiger partial charge on any atom is 0.262 e. The second kappa shape index (κ2) is 7.94. The van der Waals surface area contributed by atoms with Gasteiger partial charge in [-0.15, -0.1) is 11.3 Å². The lowest BCUT2D eigenvalue weighted by Crippen LogP contribution is -2.37. The Bertz CT molecular complexity index is 1110. The van der Waals surface area contributed by atoms with Gasteiger partial charge in [0.05, 0.1) is 11.1 Å². The van der Waals surface area contributed by atoms with Crippen LogP contribution in [0.5, 0.6) is 0 Å². The van der Waals surface area contributed by atoms with E-state index in [2.05, 4.69) is 10.3 Å². The van der Waals surface area contributed by atoms with Crippen LogP contribution < -0.4 is 5.32 Å². The Morgan fingerprint density at radius 3 is 2.45 bits per heavy atom. The lowest BCUT2D eigenvalue weighted by Gasteiger charge is -2.12. The molecule has 1 aliphatic rings. The first-order chi connectivity index (χ1) is 13.9. The number of nitrogens with zero attached hydrogens (tertiary/aromatic N) is 2. The SMILES string of the molecule is O=C(CN1C(=O)c2ccccc2C1=O)Nc1ncc(Cc2cc(Cl)ccc2Cl)s1. The van der Waals surface area contributed by atoms with E-state index in [4.69, 9.17) is 23.2 Å². The second-order valence-electron chi connectivity index (χ2n) is 6.33. The Hall–Kier alpha value is -2.74. The lowest BCUT2D eigenvalue weighted by molar-refractivity contribution is -0.116. The number of thiazole rings is 1. The van der Waals surface area contributed by atoms with Crippen LogP contribution in [0.3, 0.4) is 0 Å². The molecule has 4 rings (SSSR count). The van der Waals surface area contributed by atoms with E-state index in [1.165, 1.54) is 11.3 Å². The summed E-state index contributed by atoms with van der Waals surface area (Å²) in [7, 11) is 0. The minimum atomic E-state index is -0.499. The molecule has 2 heterocycles. The van der Waals surface area contributed by atoms with Crippen LogP contribution in [0, 0.1) is 0 Å². The molecule has 0 aliphatic carbocycles. The predicted octanol–water partition coefficient (Wildman–Crippen LogP) is 4.28. The summed E-state index contributed by atoms with van der Waals surface area (Å²) in [5.74, 6) is -1.45. The van der Waals surface area contributed by atoms with Crippen molar-refractivity contribution in [3.05, 3.63) is 80.3 Å². The number of anilines is 1. The van der Waals surface area contributed by atoms with E-state index in [0.717, 1.165) is 15.3 Å². The van der Waals surface area contributed by atoms with Crippen LogP contribution in [0.15, 0.2) is 48.7 Å². The number of aromatic nitrogens is 1. The molecule has 3 aromatic rings. The normalized spacial score (nSPS) is 13.0. The summed E-state index contributed by atoms with van der Waals surface area (Å²) in [6.45, 7) is -0.374. The van der Waals surface area contributed by atoms with Gasteiger partial charge in [0.2, 0.25) is 5.91 Å². The molecule has 1 aliphatic heterocycles. The monoisotopic (exact) mass is 445 g/mol. The van der Waals surface area contributed by atoms with Gasteiger partial charge in [-0.1, -0.05) is 35.3 Å². The highest BCUT2D eigenvalue weighted by molar-refractivity contribution is 7.15. The van der Waals surface area contributed by atoms with E-state index in [9.17, 15) is 14.4 Å². The van der Waals surface area contributed by atoms with Gasteiger partial charge in [-0.05, 0) is 35.9 Å². The van der Waals surface area contributed by atoms with Crippen molar-refractivity contribution >= 4 is 57.4 Å². The fourth-order valence-electron chi connectivity index (χ4n) is 3.00. The number of amides is 3. The highest BCUT2D eigenvalue weighted by Gasteiger charge is 2.36. The molecule has 0 saturated heterocycles. The third kappa shape index (κ3) is 4.03. The number of rotatable bonds is 5. The van der Waals surface area contributed by atoms with Crippen molar-refractivity contribution in [3.63, 3.8) is 0 Å². The smallest absolute Gasteiger partial charge is 0.262 e. The van der Waals surface area contributed by atoms with Gasteiger partial charge >= 0.3 is 0 Å². The third-order valence-electron chi connectivity index (χ3n) is 4.35. The molecule has 1 aromatic heterocycles. The van der Waals surface area contributed by atoms with Crippen LogP contribution in [0.4, 0.5) is 5.13 Å². The fraction of sp³-hybridized carbons (Fsp3) is 0.100. The average molecular weight is 446 g/mol. The van der Waals surface area contributed by atoms with Crippen LogP contribution in [0.25, 0.3) is 0 Å². The molecule has 0 spiro atoms. The number of halogens is 2. The summed E-state index contributed by atoms with van der Waals surface area (Å²) in [4.78, 5) is 43.0. The van der Waals surface area contributed by atoms with Gasteiger partial charge in [-0.2, -0.15) is 0 Å². The molecule has 0 atom stereocenters. The number of carbonyl (C=O) groups is 3. The largest absolute Gasteiger partial charge is 0.300 e. The number of benzene rings is 2. The van der Waals surface area contributed by atoms with Gasteiger partial charge in [0.1, 0.15) is 6.54 Å². The molecule has 3 amide bonds. The van der Waals surface area contributed by atoms with E-state index >= 15 is 0 Å². The summed E-state index contributed by atoms with van der Waals surface area (Å²) >= 11 is 13.5. The van der Waals surface area contributed by atoms with Crippen LogP contribution in [0.2, 0.25) is 10.0 Å². The maximum absolute atomic E-state index is 12.4. The molecule has 9 heteroatoms. The van der Waals surface area contributed by atoms with Crippen molar-refractivity contribution in [1.82, 2.24) is 9.88 Å². The summed E-state index contributed by atoms with van der Waals surface area (Å²) in [5, 5.41) is 4.19. The minimum absolute atomic E-state index is 0.306. The van der Waals surface area contributed by atoms with Gasteiger partial charge in [0.15, 0.2) is 5.13 Å². The first kappa shape index (κ1) is 19.6. The van der Waals surface area contributed by atoms with Crippen LogP contribution in [-0.2, 0) is 11.2 Å². The number of imide groups is 1. The maximum atomic E-state index is 12.4. The van der Waals surface area contributed by atoms with Gasteiger partial charge in [0, 0.05) is 27.5 Å². The van der Waals surface area contributed by atoms with Gasteiger partial charge in [0.25, 0.3) is 11.8 Å². The first-order valence-corrected chi connectivity index (χ1v) is 10.1. The quantitative estimate of drug-likeness (QED) is 0.594. The number of fused-ring (bicyclic) bond motifs is 1. The van der Waals surface area contributed by atoms with Crippen molar-refractivity contribution in [2.45, 2.75) is 6.42 Å². The Kier molecular flexibility index (Phi) is 5.36. The molecule has 1 N–H and O–H groups in total. The molecule has 6 nitrogen and oxygen atoms in total. The van der Waals surface area contributed by atoms with E-state index in [1.54, 1.807) is 48.7 Å². The standard InChI is InChI=1S/C20H13Cl2N3O3S/c21-12-5-6-16(22)11(7-12)8-13-9-23-20(29-13)24-17(26)10-25-18(27)14-3-1-2-4-15(14)19(25)28/h1-7,9H,8,10H2,(H,23,24,26). The summed E-state index contributed by atoms with van der Waals surface area (Å²) in [6, 6.07) is 11.7. The fourth-order valence-corrected chi connectivity index (χ4v) is 4.23. The lowest BCUT2D eigenvalue weighted by atomic mass is 10.1. The summed E-state index contributed by atoms with van der Waals surface area (Å²) in [5.41, 5.74) is 1.46. The zero-order valence-electron chi connectivity index (χ0n) is 14.8. The van der Waals surface area contributed by atoms with Crippen LogP contribution in [0.1, 0.15) is 31.2 Å². The van der Waals surface area contributed by atoms with Gasteiger partial charge in [-0.3, -0.25) is 19.3 Å². The summed E-state index contributed by atoms with van der Waals surface area (Å²) < 4.78 is 0. The number of nitrogens with one attached hydrogen (secondary N) is 1. The molecule has 0 fully saturated rings. The van der Waals surface area contributed by atoms with Crippen molar-refractivity contribution in [2.24, 2.45) is 0 Å². The number of hydrogen-bond acceptors (Lipinski definition) is 5. The Morgan fingerprint density at radius 1 is 1.07 bits per heavy atom. The number of carbonyl (C=O) groups excluding carboxylic acids is 3. The molecule has 29 heavy (non-hydrogen) atoms. The first-order valence-electron chi connectivity index (χ1n) is 8.56. The van der Waals surface area contributed by atoms with Crippen molar-refractivity contribution < 1.29 is 14.4 Å². The molecule has 0 radical (unpaired) electrons. The molecule has 0 saturated carbocycles. The third-order valence-corrected chi connectivity index (χ3v) is 5.87. The van der Waals surface area contributed by atoms with E-state index < -0.39 is 17.7 Å². The Morgan fingerprint density at radius 2 is 1.76 bits per heavy atom. The van der Waals surface area contributed by atoms with E-state index in [0.29, 0.717) is 32.7 Å². The van der Waals surface area contributed by atoms with Crippen LogP contribution in [-0.4, -0.2) is 34.2 Å². The van der Waals surface area contributed by atoms with E-state index in [-0.39, 0.29) is 6.54 Å². The molecular formula is C20H13Cl2N3O3S. The molecule has 0 unspecified atom stereocenters. The van der Waals surface area contributed by atoms with Crippen LogP contribution >= 0.6 is 34.5 Å². The summed E-state index contributed by atoms with van der Waals surface area (Å²) in [6.07, 6.45) is 2.16. The predicted molar refractivity (Wildman–Crippen MR) is 112 cm³/mol. The Labute approximate surface area is 180 Å². The van der Waals surface area contributed by atoms with Crippen molar-refractivity contribution in [1.29, 1.82) is 0 Å². The average Bonchev–Trinajstić information content (AvgIpc) is 3.23. The Balaban J connectivity index is 1.41. The molecular weight excluding hydrogens is 433 g/mol. The van der Waals surface area contributed by atoms with E-state index in [1.807, 2.05) is 0 Å². The van der Waals surface area contributed by atoms with Crippen molar-refractivity contribution in [3.8, 4) is 0 Å². The molecule has 2 aromatic carbocycles. The highest BCUT2D eigenvalue weighted by atomic mass is 35.5. The van der Waals surface area contributed by atoms with Crippen molar-refractivity contribution in [2.75, 3.05) is 11.9 Å².